The topological polar surface area (TPSA) is 68.5 Å². The minimum absolute atomic E-state index is 0.249. The second-order valence-electron chi connectivity index (χ2n) is 6.52. The van der Waals surface area contributed by atoms with Crippen LogP contribution in [0.3, 0.4) is 0 Å². The molecule has 1 amide bonds. The van der Waals surface area contributed by atoms with Crippen LogP contribution in [0.15, 0.2) is 45.6 Å². The van der Waals surface area contributed by atoms with E-state index in [9.17, 15) is 9.59 Å². The van der Waals surface area contributed by atoms with E-state index in [-0.39, 0.29) is 11.5 Å². The molecule has 1 aliphatic rings. The van der Waals surface area contributed by atoms with Crippen LogP contribution < -0.4 is 26.3 Å². The van der Waals surface area contributed by atoms with Gasteiger partial charge < -0.3 is 14.5 Å². The average Bonchev–Trinajstić information content (AvgIpc) is 2.78. The van der Waals surface area contributed by atoms with E-state index in [2.05, 4.69) is 5.32 Å². The summed E-state index contributed by atoms with van der Waals surface area (Å²) < 4.78 is 10.7. The molecule has 134 valence electrons. The lowest BCUT2D eigenvalue weighted by Gasteiger charge is -2.24. The lowest BCUT2D eigenvalue weighted by Crippen LogP contribution is -2.45. The van der Waals surface area contributed by atoms with Crippen LogP contribution in [0.5, 0.6) is 5.75 Å². The van der Waals surface area contributed by atoms with Gasteiger partial charge in [-0.3, -0.25) is 4.79 Å². The number of ether oxygens (including phenoxy) is 1. The van der Waals surface area contributed by atoms with Crippen LogP contribution in [0.1, 0.15) is 28.4 Å². The molecule has 0 fully saturated rings. The Kier molecular flexibility index (Phi) is 4.55. The monoisotopic (exact) mass is 351 g/mol. The molecule has 0 saturated carbocycles. The molecule has 1 atom stereocenters. The molecule has 0 radical (unpaired) electrons. The molecular formula is C21H21NO4. The Morgan fingerprint density at radius 3 is 2.65 bits per heavy atom. The second-order valence-corrected chi connectivity index (χ2v) is 6.52. The number of amides is 1. The minimum Gasteiger partial charge on any atom is -0.496 e. The Balaban J connectivity index is 2.07. The fourth-order valence-electron chi connectivity index (χ4n) is 2.98. The van der Waals surface area contributed by atoms with Crippen LogP contribution in [-0.2, 0) is 0 Å². The zero-order valence-electron chi connectivity index (χ0n) is 15.3. The third-order valence-electron chi connectivity index (χ3n) is 4.61. The number of methoxy groups -OCH3 is 1. The zero-order valence-corrected chi connectivity index (χ0v) is 15.3. The summed E-state index contributed by atoms with van der Waals surface area (Å²) in [6.07, 6.45) is 7.28. The first-order valence-electron chi connectivity index (χ1n) is 8.33. The van der Waals surface area contributed by atoms with Gasteiger partial charge in [0.25, 0.3) is 5.91 Å². The summed E-state index contributed by atoms with van der Waals surface area (Å²) in [6.45, 7) is 5.50. The Labute approximate surface area is 151 Å². The van der Waals surface area contributed by atoms with Crippen LogP contribution in [0.4, 0.5) is 0 Å². The molecule has 5 nitrogen and oxygen atoms in total. The van der Waals surface area contributed by atoms with Gasteiger partial charge in [-0.15, -0.1) is 0 Å². The van der Waals surface area contributed by atoms with Gasteiger partial charge in [0.1, 0.15) is 11.2 Å². The summed E-state index contributed by atoms with van der Waals surface area (Å²) in [5, 5.41) is 3.83. The van der Waals surface area contributed by atoms with Crippen molar-refractivity contribution in [1.29, 1.82) is 0 Å². The van der Waals surface area contributed by atoms with Crippen molar-refractivity contribution in [2.75, 3.05) is 7.11 Å². The van der Waals surface area contributed by atoms with Crippen molar-refractivity contribution in [3.8, 4) is 5.75 Å². The first-order valence-corrected chi connectivity index (χ1v) is 8.33. The van der Waals surface area contributed by atoms with Crippen molar-refractivity contribution in [1.82, 2.24) is 5.32 Å². The van der Waals surface area contributed by atoms with Crippen LogP contribution >= 0.6 is 0 Å². The van der Waals surface area contributed by atoms with E-state index in [0.717, 1.165) is 10.8 Å². The quantitative estimate of drug-likeness (QED) is 0.912. The summed E-state index contributed by atoms with van der Waals surface area (Å²) in [6, 6.07) is 7.06. The number of nitrogens with one attached hydrogen (secondary N) is 1. The molecule has 0 aliphatic heterocycles. The van der Waals surface area contributed by atoms with Gasteiger partial charge in [-0.1, -0.05) is 24.3 Å². The molecule has 1 aromatic heterocycles. The number of hydrogen-bond donors (Lipinski definition) is 1. The highest BCUT2D eigenvalue weighted by Crippen LogP contribution is 2.19. The number of rotatable bonds is 3. The number of carbonyl (C=O) groups is 1. The molecule has 0 saturated heterocycles. The molecule has 1 N–H and O–H groups in total. The van der Waals surface area contributed by atoms with E-state index in [0.29, 0.717) is 22.3 Å². The van der Waals surface area contributed by atoms with E-state index < -0.39 is 5.54 Å². The fraction of sp³-hybridized carbons (Fsp3) is 0.238. The maximum absolute atomic E-state index is 12.8. The lowest BCUT2D eigenvalue weighted by atomic mass is 9.98. The van der Waals surface area contributed by atoms with Gasteiger partial charge in [-0.25, -0.2) is 4.79 Å². The first kappa shape index (κ1) is 17.7. The number of hydrogen-bond acceptors (Lipinski definition) is 4. The highest BCUT2D eigenvalue weighted by molar-refractivity contribution is 5.98. The van der Waals surface area contributed by atoms with Gasteiger partial charge in [-0.05, 0) is 50.6 Å². The minimum atomic E-state index is -0.753. The molecule has 0 spiro atoms. The van der Waals surface area contributed by atoms with Crippen molar-refractivity contribution < 1.29 is 13.9 Å². The maximum atomic E-state index is 12.8. The second kappa shape index (κ2) is 6.67. The van der Waals surface area contributed by atoms with E-state index in [1.165, 1.54) is 7.11 Å². The zero-order chi connectivity index (χ0) is 18.9. The summed E-state index contributed by atoms with van der Waals surface area (Å²) in [5.41, 5.74) is 1.25. The van der Waals surface area contributed by atoms with E-state index in [4.69, 9.17) is 9.15 Å². The number of benzene rings is 1. The Morgan fingerprint density at radius 1 is 1.19 bits per heavy atom. The number of carbonyl (C=O) groups excluding carboxylic acids is 1. The van der Waals surface area contributed by atoms with Crippen molar-refractivity contribution in [3.63, 3.8) is 0 Å². The van der Waals surface area contributed by atoms with Crippen molar-refractivity contribution >= 4 is 18.1 Å². The van der Waals surface area contributed by atoms with Crippen molar-refractivity contribution in [2.45, 2.75) is 26.3 Å². The normalized spacial score (nSPS) is 18.2. The van der Waals surface area contributed by atoms with Crippen LogP contribution in [0.25, 0.3) is 12.2 Å². The Hall–Kier alpha value is -3.08. The molecular weight excluding hydrogens is 330 g/mol. The van der Waals surface area contributed by atoms with Crippen LogP contribution in [0.2, 0.25) is 0 Å². The van der Waals surface area contributed by atoms with Gasteiger partial charge in [0.15, 0.2) is 0 Å². The van der Waals surface area contributed by atoms with Crippen molar-refractivity contribution in [3.05, 3.63) is 74.2 Å². The molecule has 1 aromatic carbocycles. The standard InChI is InChI=1S/C21H21NO4/c1-13-14(2)20(24)26-18-10-7-11-21(3,12-16(13)18)22-19(23)15-8-5-6-9-17(15)25-4/h5-12H,1-4H3,(H,22,23). The highest BCUT2D eigenvalue weighted by Gasteiger charge is 2.24. The smallest absolute Gasteiger partial charge is 0.339 e. The first-order chi connectivity index (χ1) is 12.3. The number of fused-ring (bicyclic) bond motifs is 1. The summed E-state index contributed by atoms with van der Waals surface area (Å²) >= 11 is 0. The van der Waals surface area contributed by atoms with E-state index in [1.807, 2.05) is 32.1 Å². The highest BCUT2D eigenvalue weighted by atomic mass is 16.5. The largest absolute Gasteiger partial charge is 0.496 e. The third kappa shape index (κ3) is 3.20. The van der Waals surface area contributed by atoms with E-state index >= 15 is 0 Å². The molecule has 1 heterocycles. The number of para-hydroxylation sites is 1. The van der Waals surface area contributed by atoms with Gasteiger partial charge in [-0.2, -0.15) is 0 Å². The van der Waals surface area contributed by atoms with E-state index in [1.54, 1.807) is 37.3 Å². The lowest BCUT2D eigenvalue weighted by molar-refractivity contribution is 0.0934. The number of allylic oxidation sites excluding steroid dienone is 1. The third-order valence-corrected chi connectivity index (χ3v) is 4.61. The predicted octanol–water partition coefficient (Wildman–Crippen LogP) is 1.58. The van der Waals surface area contributed by atoms with Gasteiger partial charge in [0, 0.05) is 10.8 Å². The molecule has 0 bridgehead atoms. The van der Waals surface area contributed by atoms with Crippen LogP contribution in [0, 0.1) is 13.8 Å². The summed E-state index contributed by atoms with van der Waals surface area (Å²) in [4.78, 5) is 24.7. The van der Waals surface area contributed by atoms with Gasteiger partial charge >= 0.3 is 5.63 Å². The fourth-order valence-corrected chi connectivity index (χ4v) is 2.98. The summed E-state index contributed by atoms with van der Waals surface area (Å²) in [5.74, 6) is 0.261. The Morgan fingerprint density at radius 2 is 1.92 bits per heavy atom. The molecule has 1 unspecified atom stereocenters. The Bertz CT molecular complexity index is 1080. The molecule has 2 aromatic rings. The average molecular weight is 351 g/mol. The predicted molar refractivity (Wildman–Crippen MR) is 101 cm³/mol. The maximum Gasteiger partial charge on any atom is 0.339 e. The van der Waals surface area contributed by atoms with Gasteiger partial charge in [0.2, 0.25) is 0 Å². The molecule has 1 aliphatic carbocycles. The van der Waals surface area contributed by atoms with Crippen molar-refractivity contribution in [2.24, 2.45) is 0 Å². The summed E-state index contributed by atoms with van der Waals surface area (Å²) in [7, 11) is 1.53. The molecule has 26 heavy (non-hydrogen) atoms. The SMILES string of the molecule is COc1ccccc1C(=O)NC1(C)C=CC=c2oc(=O)c(C)c(C)c2=C1. The van der Waals surface area contributed by atoms with Crippen LogP contribution in [-0.4, -0.2) is 18.6 Å². The van der Waals surface area contributed by atoms with Gasteiger partial charge in [0.05, 0.1) is 18.2 Å². The molecule has 5 heteroatoms. The molecule has 3 rings (SSSR count).